The molecule has 0 atom stereocenters. The topological polar surface area (TPSA) is 73.1 Å². The van der Waals surface area contributed by atoms with E-state index in [2.05, 4.69) is 28.4 Å². The van der Waals surface area contributed by atoms with Crippen molar-refractivity contribution in [2.45, 2.75) is 40.5 Å². The number of nitrogens with two attached hydrogens (primary N) is 1. The highest BCUT2D eigenvalue weighted by Gasteiger charge is 2.11. The summed E-state index contributed by atoms with van der Waals surface area (Å²) >= 11 is 0. The minimum Gasteiger partial charge on any atom is -0.439 e. The first-order valence-electron chi connectivity index (χ1n) is 7.02. The summed E-state index contributed by atoms with van der Waals surface area (Å²) in [6, 6.07) is 5.84. The summed E-state index contributed by atoms with van der Waals surface area (Å²) in [5, 5.41) is 0. The van der Waals surface area contributed by atoms with Crippen molar-refractivity contribution in [2.24, 2.45) is 5.84 Å². The average molecular weight is 286 g/mol. The summed E-state index contributed by atoms with van der Waals surface area (Å²) in [7, 11) is 0. The van der Waals surface area contributed by atoms with E-state index in [-0.39, 0.29) is 5.92 Å². The minimum atomic E-state index is 0.195. The first-order chi connectivity index (χ1) is 9.90. The Morgan fingerprint density at radius 1 is 1.10 bits per heavy atom. The molecule has 2 rings (SSSR count). The third-order valence-corrected chi connectivity index (χ3v) is 3.36. The van der Waals surface area contributed by atoms with Gasteiger partial charge in [-0.3, -0.25) is 0 Å². The quantitative estimate of drug-likeness (QED) is 0.663. The SMILES string of the molecule is Cc1cc(C)c(C)c(Oc2cc(NN)nc(C(C)C)n2)c1. The van der Waals surface area contributed by atoms with Crippen molar-refractivity contribution in [1.29, 1.82) is 0 Å². The molecule has 3 N–H and O–H groups in total. The van der Waals surface area contributed by atoms with Gasteiger partial charge in [-0.15, -0.1) is 0 Å². The second kappa shape index (κ2) is 6.10. The van der Waals surface area contributed by atoms with Crippen LogP contribution in [0, 0.1) is 20.8 Å². The number of hydrogen-bond donors (Lipinski definition) is 2. The van der Waals surface area contributed by atoms with Crippen LogP contribution in [0.25, 0.3) is 0 Å². The van der Waals surface area contributed by atoms with Crippen molar-refractivity contribution < 1.29 is 4.74 Å². The molecule has 112 valence electrons. The molecule has 0 saturated carbocycles. The van der Waals surface area contributed by atoms with Crippen molar-refractivity contribution in [3.05, 3.63) is 40.7 Å². The van der Waals surface area contributed by atoms with E-state index >= 15 is 0 Å². The van der Waals surface area contributed by atoms with Gasteiger partial charge in [-0.2, -0.15) is 4.98 Å². The molecule has 21 heavy (non-hydrogen) atoms. The van der Waals surface area contributed by atoms with Crippen molar-refractivity contribution in [1.82, 2.24) is 9.97 Å². The molecule has 0 spiro atoms. The predicted octanol–water partition coefficient (Wildman–Crippen LogP) is 3.60. The number of nitrogen functional groups attached to an aromatic ring is 1. The van der Waals surface area contributed by atoms with Gasteiger partial charge in [-0.25, -0.2) is 10.8 Å². The van der Waals surface area contributed by atoms with Gasteiger partial charge in [0.2, 0.25) is 5.88 Å². The van der Waals surface area contributed by atoms with Gasteiger partial charge in [0.15, 0.2) is 0 Å². The van der Waals surface area contributed by atoms with Crippen LogP contribution in [0.15, 0.2) is 18.2 Å². The molecule has 1 heterocycles. The van der Waals surface area contributed by atoms with Crippen LogP contribution >= 0.6 is 0 Å². The Balaban J connectivity index is 2.41. The fourth-order valence-corrected chi connectivity index (χ4v) is 2.05. The van der Waals surface area contributed by atoms with E-state index in [1.54, 1.807) is 6.07 Å². The van der Waals surface area contributed by atoms with Crippen molar-refractivity contribution in [3.8, 4) is 11.6 Å². The van der Waals surface area contributed by atoms with E-state index in [0.717, 1.165) is 16.9 Å². The smallest absolute Gasteiger partial charge is 0.224 e. The Bertz CT molecular complexity index is 653. The van der Waals surface area contributed by atoms with E-state index in [0.29, 0.717) is 17.5 Å². The van der Waals surface area contributed by atoms with E-state index in [9.17, 15) is 0 Å². The summed E-state index contributed by atoms with van der Waals surface area (Å²) in [4.78, 5) is 8.77. The lowest BCUT2D eigenvalue weighted by molar-refractivity contribution is 0.453. The fraction of sp³-hybridized carbons (Fsp3) is 0.375. The molecule has 5 nitrogen and oxygen atoms in total. The van der Waals surface area contributed by atoms with Crippen LogP contribution in [-0.2, 0) is 0 Å². The maximum atomic E-state index is 5.96. The lowest BCUT2D eigenvalue weighted by Crippen LogP contribution is -2.11. The first-order valence-corrected chi connectivity index (χ1v) is 7.02. The number of rotatable bonds is 4. The van der Waals surface area contributed by atoms with Crippen molar-refractivity contribution in [3.63, 3.8) is 0 Å². The maximum Gasteiger partial charge on any atom is 0.224 e. The van der Waals surface area contributed by atoms with Gasteiger partial charge in [0.25, 0.3) is 0 Å². The molecule has 0 aliphatic rings. The number of hydrazine groups is 1. The highest BCUT2D eigenvalue weighted by molar-refractivity contribution is 5.45. The lowest BCUT2D eigenvalue weighted by Gasteiger charge is -2.13. The number of ether oxygens (including phenoxy) is 1. The maximum absolute atomic E-state index is 5.96. The fourth-order valence-electron chi connectivity index (χ4n) is 2.05. The molecule has 0 aliphatic carbocycles. The van der Waals surface area contributed by atoms with Crippen molar-refractivity contribution in [2.75, 3.05) is 5.43 Å². The minimum absolute atomic E-state index is 0.195. The second-order valence-electron chi connectivity index (χ2n) is 5.56. The summed E-state index contributed by atoms with van der Waals surface area (Å²) < 4.78 is 5.96. The Morgan fingerprint density at radius 2 is 1.81 bits per heavy atom. The van der Waals surface area contributed by atoms with E-state index in [4.69, 9.17) is 10.6 Å². The number of aryl methyl sites for hydroxylation is 2. The Hall–Kier alpha value is -2.14. The van der Waals surface area contributed by atoms with E-state index < -0.39 is 0 Å². The van der Waals surface area contributed by atoms with Gasteiger partial charge in [-0.1, -0.05) is 19.9 Å². The van der Waals surface area contributed by atoms with Crippen LogP contribution in [0.5, 0.6) is 11.6 Å². The van der Waals surface area contributed by atoms with Gasteiger partial charge in [0, 0.05) is 12.0 Å². The van der Waals surface area contributed by atoms with Gasteiger partial charge in [0.05, 0.1) is 0 Å². The zero-order chi connectivity index (χ0) is 15.6. The van der Waals surface area contributed by atoms with Crippen molar-refractivity contribution >= 4 is 5.82 Å². The van der Waals surface area contributed by atoms with Gasteiger partial charge in [-0.05, 0) is 43.5 Å². The largest absolute Gasteiger partial charge is 0.439 e. The number of nitrogens with zero attached hydrogens (tertiary/aromatic N) is 2. The molecule has 0 aliphatic heterocycles. The number of anilines is 1. The lowest BCUT2D eigenvalue weighted by atomic mass is 10.1. The van der Waals surface area contributed by atoms with E-state index in [1.165, 1.54) is 5.56 Å². The highest BCUT2D eigenvalue weighted by atomic mass is 16.5. The molecular formula is C16H22N4O. The number of nitrogens with one attached hydrogen (secondary N) is 1. The number of aromatic nitrogens is 2. The van der Waals surface area contributed by atoms with Crippen LogP contribution in [0.1, 0.15) is 42.3 Å². The summed E-state index contributed by atoms with van der Waals surface area (Å²) in [5.74, 6) is 8.21. The van der Waals surface area contributed by atoms with Gasteiger partial charge >= 0.3 is 0 Å². The molecular weight excluding hydrogens is 264 g/mol. The normalized spacial score (nSPS) is 10.8. The molecule has 0 bridgehead atoms. The first kappa shape index (κ1) is 15.3. The summed E-state index contributed by atoms with van der Waals surface area (Å²) in [6.45, 7) is 10.2. The van der Waals surface area contributed by atoms with Crippen LogP contribution in [-0.4, -0.2) is 9.97 Å². The standard InChI is InChI=1S/C16H22N4O/c1-9(2)16-18-14(20-17)8-15(19-16)21-13-7-10(3)6-11(4)12(13)5/h6-9H,17H2,1-5H3,(H,18,19,20). The zero-order valence-electron chi connectivity index (χ0n) is 13.2. The molecule has 0 fully saturated rings. The summed E-state index contributed by atoms with van der Waals surface area (Å²) in [5.41, 5.74) is 6.01. The molecule has 5 heteroatoms. The number of benzene rings is 1. The monoisotopic (exact) mass is 286 g/mol. The molecule has 2 aromatic rings. The molecule has 0 unspecified atom stereocenters. The second-order valence-corrected chi connectivity index (χ2v) is 5.56. The molecule has 1 aromatic heterocycles. The predicted molar refractivity (Wildman–Crippen MR) is 84.7 cm³/mol. The Morgan fingerprint density at radius 3 is 2.43 bits per heavy atom. The third kappa shape index (κ3) is 3.49. The van der Waals surface area contributed by atoms with E-state index in [1.807, 2.05) is 33.8 Å². The zero-order valence-corrected chi connectivity index (χ0v) is 13.2. The Kier molecular flexibility index (Phi) is 4.43. The van der Waals surface area contributed by atoms with Gasteiger partial charge in [0.1, 0.15) is 17.4 Å². The third-order valence-electron chi connectivity index (χ3n) is 3.36. The molecule has 0 amide bonds. The number of hydrogen-bond acceptors (Lipinski definition) is 5. The molecule has 0 radical (unpaired) electrons. The Labute approximate surface area is 125 Å². The average Bonchev–Trinajstić information content (AvgIpc) is 2.43. The highest BCUT2D eigenvalue weighted by Crippen LogP contribution is 2.29. The van der Waals surface area contributed by atoms with Crippen LogP contribution in [0.2, 0.25) is 0 Å². The van der Waals surface area contributed by atoms with Crippen LogP contribution in [0.3, 0.4) is 0 Å². The molecule has 1 aromatic carbocycles. The van der Waals surface area contributed by atoms with Crippen LogP contribution in [0.4, 0.5) is 5.82 Å². The van der Waals surface area contributed by atoms with Gasteiger partial charge < -0.3 is 10.2 Å². The summed E-state index contributed by atoms with van der Waals surface area (Å²) in [6.07, 6.45) is 0. The van der Waals surface area contributed by atoms with Crippen LogP contribution < -0.4 is 16.0 Å². The molecule has 0 saturated heterocycles.